The summed E-state index contributed by atoms with van der Waals surface area (Å²) in [5.41, 5.74) is 0. The van der Waals surface area contributed by atoms with Crippen LogP contribution in [0.15, 0.2) is 0 Å². The standard InChI is InChI=1S/C10H18N2O3/c1-6(5-7(2)13)11-10(15)8-3-4-9(14)12-8/h6-8,13H,3-5H2,1-2H3,(H,11,15)(H,12,14)/t6?,7?,8-/m1/s1. The third-order valence-corrected chi connectivity index (χ3v) is 2.40. The van der Waals surface area contributed by atoms with Gasteiger partial charge in [-0.25, -0.2) is 0 Å². The van der Waals surface area contributed by atoms with Crippen molar-refractivity contribution < 1.29 is 14.7 Å². The van der Waals surface area contributed by atoms with Gasteiger partial charge in [0.25, 0.3) is 0 Å². The highest BCUT2D eigenvalue weighted by Crippen LogP contribution is 2.07. The van der Waals surface area contributed by atoms with Gasteiger partial charge in [-0.2, -0.15) is 0 Å². The van der Waals surface area contributed by atoms with Crippen molar-refractivity contribution >= 4 is 11.8 Å². The minimum atomic E-state index is -0.432. The highest BCUT2D eigenvalue weighted by atomic mass is 16.3. The van der Waals surface area contributed by atoms with E-state index in [2.05, 4.69) is 10.6 Å². The number of hydrogen-bond donors (Lipinski definition) is 3. The van der Waals surface area contributed by atoms with E-state index < -0.39 is 12.1 Å². The van der Waals surface area contributed by atoms with Crippen molar-refractivity contribution in [3.8, 4) is 0 Å². The summed E-state index contributed by atoms with van der Waals surface area (Å²) in [6, 6.07) is -0.469. The summed E-state index contributed by atoms with van der Waals surface area (Å²) in [4.78, 5) is 22.5. The second kappa shape index (κ2) is 5.11. The molecule has 1 heterocycles. The van der Waals surface area contributed by atoms with Crippen LogP contribution >= 0.6 is 0 Å². The summed E-state index contributed by atoms with van der Waals surface area (Å²) in [6.45, 7) is 3.52. The van der Waals surface area contributed by atoms with E-state index in [0.29, 0.717) is 19.3 Å². The SMILES string of the molecule is CC(O)CC(C)NC(=O)[C@H]1CCC(=O)N1. The molecule has 0 saturated carbocycles. The lowest BCUT2D eigenvalue weighted by Gasteiger charge is -2.18. The Morgan fingerprint density at radius 1 is 1.67 bits per heavy atom. The number of nitrogens with one attached hydrogen (secondary N) is 2. The molecule has 5 nitrogen and oxygen atoms in total. The molecule has 5 heteroatoms. The highest BCUT2D eigenvalue weighted by molar-refractivity contribution is 5.90. The van der Waals surface area contributed by atoms with Gasteiger partial charge in [0.2, 0.25) is 11.8 Å². The lowest BCUT2D eigenvalue weighted by atomic mass is 10.1. The molecule has 0 aliphatic carbocycles. The first kappa shape index (κ1) is 12.0. The van der Waals surface area contributed by atoms with Gasteiger partial charge in [0.1, 0.15) is 6.04 Å². The van der Waals surface area contributed by atoms with Crippen molar-refractivity contribution in [1.82, 2.24) is 10.6 Å². The van der Waals surface area contributed by atoms with Crippen LogP contribution in [0.1, 0.15) is 33.1 Å². The maximum absolute atomic E-state index is 11.6. The topological polar surface area (TPSA) is 78.4 Å². The molecule has 15 heavy (non-hydrogen) atoms. The lowest BCUT2D eigenvalue weighted by molar-refractivity contribution is -0.126. The molecule has 0 aromatic carbocycles. The Labute approximate surface area is 89.2 Å². The molecule has 0 radical (unpaired) electrons. The van der Waals surface area contributed by atoms with Gasteiger partial charge in [-0.15, -0.1) is 0 Å². The molecule has 1 saturated heterocycles. The normalized spacial score (nSPS) is 24.5. The van der Waals surface area contributed by atoms with Crippen LogP contribution in [0.3, 0.4) is 0 Å². The van der Waals surface area contributed by atoms with Gasteiger partial charge >= 0.3 is 0 Å². The number of carbonyl (C=O) groups excluding carboxylic acids is 2. The third kappa shape index (κ3) is 3.87. The number of amides is 2. The Morgan fingerprint density at radius 3 is 2.80 bits per heavy atom. The molecule has 2 amide bonds. The Bertz CT molecular complexity index is 253. The second-order valence-corrected chi connectivity index (χ2v) is 4.15. The first-order chi connectivity index (χ1) is 6.99. The predicted octanol–water partition coefficient (Wildman–Crippen LogP) is -0.459. The number of rotatable bonds is 4. The fourth-order valence-corrected chi connectivity index (χ4v) is 1.72. The molecular weight excluding hydrogens is 196 g/mol. The summed E-state index contributed by atoms with van der Waals surface area (Å²) >= 11 is 0. The molecule has 0 aromatic rings. The first-order valence-electron chi connectivity index (χ1n) is 5.27. The predicted molar refractivity (Wildman–Crippen MR) is 55.1 cm³/mol. The molecule has 0 bridgehead atoms. The fraction of sp³-hybridized carbons (Fsp3) is 0.800. The van der Waals surface area contributed by atoms with E-state index in [4.69, 9.17) is 5.11 Å². The smallest absolute Gasteiger partial charge is 0.242 e. The Balaban J connectivity index is 2.32. The van der Waals surface area contributed by atoms with E-state index in [9.17, 15) is 9.59 Å². The van der Waals surface area contributed by atoms with Gasteiger partial charge < -0.3 is 15.7 Å². The van der Waals surface area contributed by atoms with Gasteiger partial charge in [0.05, 0.1) is 6.10 Å². The molecule has 1 rings (SSSR count). The van der Waals surface area contributed by atoms with Crippen LogP contribution in [0.5, 0.6) is 0 Å². The summed E-state index contributed by atoms with van der Waals surface area (Å²) < 4.78 is 0. The third-order valence-electron chi connectivity index (χ3n) is 2.40. The average Bonchev–Trinajstić information content (AvgIpc) is 2.49. The molecule has 3 N–H and O–H groups in total. The van der Waals surface area contributed by atoms with Crippen molar-refractivity contribution in [2.75, 3.05) is 0 Å². The fourth-order valence-electron chi connectivity index (χ4n) is 1.72. The quantitative estimate of drug-likeness (QED) is 0.592. The van der Waals surface area contributed by atoms with Crippen molar-refractivity contribution in [3.63, 3.8) is 0 Å². The number of aliphatic hydroxyl groups excluding tert-OH is 1. The zero-order valence-electron chi connectivity index (χ0n) is 9.12. The molecule has 0 spiro atoms. The van der Waals surface area contributed by atoms with Crippen LogP contribution in [0.4, 0.5) is 0 Å². The van der Waals surface area contributed by atoms with Gasteiger partial charge in [-0.1, -0.05) is 0 Å². The Hall–Kier alpha value is -1.10. The summed E-state index contributed by atoms with van der Waals surface area (Å²) in [5, 5.41) is 14.5. The van der Waals surface area contributed by atoms with Crippen molar-refractivity contribution in [3.05, 3.63) is 0 Å². The second-order valence-electron chi connectivity index (χ2n) is 4.15. The van der Waals surface area contributed by atoms with E-state index >= 15 is 0 Å². The number of carbonyl (C=O) groups is 2. The molecule has 86 valence electrons. The maximum Gasteiger partial charge on any atom is 0.242 e. The number of hydrogen-bond acceptors (Lipinski definition) is 3. The lowest BCUT2D eigenvalue weighted by Crippen LogP contribution is -2.45. The molecule has 1 fully saturated rings. The Kier molecular flexibility index (Phi) is 4.08. The molecular formula is C10H18N2O3. The minimum Gasteiger partial charge on any atom is -0.393 e. The van der Waals surface area contributed by atoms with Crippen molar-refractivity contribution in [1.29, 1.82) is 0 Å². The number of aliphatic hydroxyl groups is 1. The van der Waals surface area contributed by atoms with Crippen molar-refractivity contribution in [2.45, 2.75) is 51.3 Å². The molecule has 2 unspecified atom stereocenters. The maximum atomic E-state index is 11.6. The van der Waals surface area contributed by atoms with E-state index in [0.717, 1.165) is 0 Å². The average molecular weight is 214 g/mol. The van der Waals surface area contributed by atoms with Gasteiger partial charge in [-0.05, 0) is 26.7 Å². The van der Waals surface area contributed by atoms with Crippen LogP contribution in [-0.2, 0) is 9.59 Å². The first-order valence-corrected chi connectivity index (χ1v) is 5.27. The molecule has 1 aliphatic heterocycles. The van der Waals surface area contributed by atoms with Gasteiger partial charge in [0.15, 0.2) is 0 Å². The van der Waals surface area contributed by atoms with E-state index in [1.165, 1.54) is 0 Å². The zero-order chi connectivity index (χ0) is 11.4. The summed E-state index contributed by atoms with van der Waals surface area (Å²) in [5.74, 6) is -0.229. The Morgan fingerprint density at radius 2 is 2.33 bits per heavy atom. The summed E-state index contributed by atoms with van der Waals surface area (Å²) in [7, 11) is 0. The van der Waals surface area contributed by atoms with E-state index in [-0.39, 0.29) is 17.9 Å². The van der Waals surface area contributed by atoms with Gasteiger partial charge in [-0.3, -0.25) is 9.59 Å². The van der Waals surface area contributed by atoms with Crippen LogP contribution in [-0.4, -0.2) is 35.1 Å². The van der Waals surface area contributed by atoms with Crippen LogP contribution in [0, 0.1) is 0 Å². The summed E-state index contributed by atoms with van der Waals surface area (Å²) in [6.07, 6.45) is 1.07. The zero-order valence-corrected chi connectivity index (χ0v) is 9.12. The van der Waals surface area contributed by atoms with E-state index in [1.807, 2.05) is 6.92 Å². The minimum absolute atomic E-state index is 0.0710. The molecule has 1 aliphatic rings. The highest BCUT2D eigenvalue weighted by Gasteiger charge is 2.27. The van der Waals surface area contributed by atoms with Crippen molar-refractivity contribution in [2.24, 2.45) is 0 Å². The van der Waals surface area contributed by atoms with Gasteiger partial charge in [0, 0.05) is 12.5 Å². The van der Waals surface area contributed by atoms with Crippen LogP contribution < -0.4 is 10.6 Å². The monoisotopic (exact) mass is 214 g/mol. The largest absolute Gasteiger partial charge is 0.393 e. The molecule has 0 aromatic heterocycles. The van der Waals surface area contributed by atoms with Crippen LogP contribution in [0.25, 0.3) is 0 Å². The van der Waals surface area contributed by atoms with Crippen LogP contribution in [0.2, 0.25) is 0 Å². The molecule has 3 atom stereocenters. The van der Waals surface area contributed by atoms with E-state index in [1.54, 1.807) is 6.92 Å².